The summed E-state index contributed by atoms with van der Waals surface area (Å²) < 4.78 is 8.92. The molecule has 3 aromatic heterocycles. The standard InChI is InChI=1S/C24H27N7O2/c1-5-10-30-21(32)18-13-26-23(27-17-7-6-15-8-9-25-12-16(15)11-17)29-20(18)31(30)19-14-33-22(28-19)24(2,3)4/h5-7,11,13-14,25H,1,8-10,12H2,2-4H3,(H,26,27,29). The van der Waals surface area contributed by atoms with E-state index >= 15 is 0 Å². The highest BCUT2D eigenvalue weighted by Gasteiger charge is 2.24. The Morgan fingerprint density at radius 1 is 1.27 bits per heavy atom. The third-order valence-electron chi connectivity index (χ3n) is 5.68. The number of rotatable bonds is 5. The number of nitrogens with one attached hydrogen (secondary N) is 2. The van der Waals surface area contributed by atoms with Gasteiger partial charge in [-0.15, -0.1) is 6.58 Å². The Labute approximate surface area is 191 Å². The van der Waals surface area contributed by atoms with Crippen molar-refractivity contribution < 1.29 is 4.42 Å². The molecule has 1 aromatic carbocycles. The molecular weight excluding hydrogens is 418 g/mol. The second-order valence-electron chi connectivity index (χ2n) is 9.21. The van der Waals surface area contributed by atoms with E-state index in [-0.39, 0.29) is 11.0 Å². The van der Waals surface area contributed by atoms with Gasteiger partial charge in [0.2, 0.25) is 11.8 Å². The lowest BCUT2D eigenvalue weighted by atomic mass is 9.97. The van der Waals surface area contributed by atoms with Crippen LogP contribution >= 0.6 is 0 Å². The third-order valence-corrected chi connectivity index (χ3v) is 5.68. The zero-order valence-electron chi connectivity index (χ0n) is 19.1. The molecule has 0 bridgehead atoms. The molecule has 0 fully saturated rings. The van der Waals surface area contributed by atoms with Gasteiger partial charge in [-0.25, -0.2) is 14.3 Å². The van der Waals surface area contributed by atoms with Gasteiger partial charge in [-0.05, 0) is 36.2 Å². The van der Waals surface area contributed by atoms with E-state index in [1.807, 2.05) is 26.8 Å². The molecule has 0 saturated carbocycles. The van der Waals surface area contributed by atoms with Crippen molar-refractivity contribution >= 4 is 22.7 Å². The Balaban J connectivity index is 1.59. The van der Waals surface area contributed by atoms with Crippen molar-refractivity contribution in [3.05, 3.63) is 70.7 Å². The van der Waals surface area contributed by atoms with Gasteiger partial charge in [0, 0.05) is 23.8 Å². The number of fused-ring (bicyclic) bond motifs is 2. The molecule has 33 heavy (non-hydrogen) atoms. The second kappa shape index (κ2) is 8.00. The smallest absolute Gasteiger partial charge is 0.278 e. The van der Waals surface area contributed by atoms with Crippen LogP contribution in [-0.4, -0.2) is 30.9 Å². The minimum absolute atomic E-state index is 0.211. The monoisotopic (exact) mass is 445 g/mol. The Kier molecular flexibility index (Phi) is 5.13. The molecule has 0 amide bonds. The molecule has 0 atom stereocenters. The molecule has 170 valence electrons. The van der Waals surface area contributed by atoms with E-state index in [0.29, 0.717) is 35.2 Å². The average molecular weight is 446 g/mol. The normalized spacial score (nSPS) is 13.8. The first kappa shape index (κ1) is 21.1. The molecule has 4 heterocycles. The van der Waals surface area contributed by atoms with Crippen molar-refractivity contribution in [2.45, 2.75) is 45.7 Å². The highest BCUT2D eigenvalue weighted by molar-refractivity contribution is 5.77. The predicted octanol–water partition coefficient (Wildman–Crippen LogP) is 3.44. The van der Waals surface area contributed by atoms with Crippen molar-refractivity contribution in [3.63, 3.8) is 0 Å². The first-order valence-electron chi connectivity index (χ1n) is 11.0. The van der Waals surface area contributed by atoms with Crippen LogP contribution < -0.4 is 16.2 Å². The number of oxazole rings is 1. The Morgan fingerprint density at radius 2 is 2.12 bits per heavy atom. The van der Waals surface area contributed by atoms with E-state index in [0.717, 1.165) is 25.2 Å². The van der Waals surface area contributed by atoms with E-state index in [9.17, 15) is 4.79 Å². The summed E-state index contributed by atoms with van der Waals surface area (Å²) in [4.78, 5) is 26.8. The minimum atomic E-state index is -0.270. The lowest BCUT2D eigenvalue weighted by molar-refractivity contribution is 0.392. The van der Waals surface area contributed by atoms with Crippen LogP contribution in [0.5, 0.6) is 0 Å². The lowest BCUT2D eigenvalue weighted by Crippen LogP contribution is -2.23. The molecule has 0 saturated heterocycles. The molecule has 1 aliphatic rings. The fourth-order valence-electron chi connectivity index (χ4n) is 4.00. The summed E-state index contributed by atoms with van der Waals surface area (Å²) in [6.45, 7) is 12.0. The van der Waals surface area contributed by atoms with Crippen LogP contribution in [0.15, 0.2) is 52.5 Å². The molecule has 0 spiro atoms. The van der Waals surface area contributed by atoms with Gasteiger partial charge in [-0.3, -0.25) is 4.79 Å². The Morgan fingerprint density at radius 3 is 2.88 bits per heavy atom. The number of nitrogens with zero attached hydrogens (tertiary/aromatic N) is 5. The van der Waals surface area contributed by atoms with Crippen molar-refractivity contribution in [2.24, 2.45) is 0 Å². The van der Waals surface area contributed by atoms with Crippen LogP contribution in [0.1, 0.15) is 37.8 Å². The molecule has 4 aromatic rings. The van der Waals surface area contributed by atoms with Gasteiger partial charge >= 0.3 is 0 Å². The average Bonchev–Trinajstić information content (AvgIpc) is 3.38. The number of anilines is 2. The van der Waals surface area contributed by atoms with E-state index in [4.69, 9.17) is 4.42 Å². The molecule has 2 N–H and O–H groups in total. The number of aromatic nitrogens is 5. The van der Waals surface area contributed by atoms with Crippen LogP contribution in [0.3, 0.4) is 0 Å². The van der Waals surface area contributed by atoms with E-state index in [1.165, 1.54) is 15.8 Å². The van der Waals surface area contributed by atoms with Crippen molar-refractivity contribution in [1.29, 1.82) is 0 Å². The van der Waals surface area contributed by atoms with Gasteiger partial charge in [-0.2, -0.15) is 9.97 Å². The predicted molar refractivity (Wildman–Crippen MR) is 127 cm³/mol. The summed E-state index contributed by atoms with van der Waals surface area (Å²) in [5.74, 6) is 1.46. The molecule has 0 unspecified atom stereocenters. The number of benzene rings is 1. The lowest BCUT2D eigenvalue weighted by Gasteiger charge is -2.18. The van der Waals surface area contributed by atoms with Crippen LogP contribution in [0.25, 0.3) is 16.9 Å². The Bertz CT molecular complexity index is 1400. The van der Waals surface area contributed by atoms with Crippen LogP contribution in [-0.2, 0) is 24.9 Å². The summed E-state index contributed by atoms with van der Waals surface area (Å²) in [7, 11) is 0. The van der Waals surface area contributed by atoms with E-state index in [1.54, 1.807) is 23.2 Å². The minimum Gasteiger partial charge on any atom is -0.446 e. The summed E-state index contributed by atoms with van der Waals surface area (Å²) in [5.41, 5.74) is 3.48. The molecule has 0 aliphatic carbocycles. The molecule has 9 nitrogen and oxygen atoms in total. The van der Waals surface area contributed by atoms with Gasteiger partial charge in [0.15, 0.2) is 11.5 Å². The zero-order chi connectivity index (χ0) is 23.2. The van der Waals surface area contributed by atoms with Crippen molar-refractivity contribution in [3.8, 4) is 5.82 Å². The van der Waals surface area contributed by atoms with Gasteiger partial charge < -0.3 is 15.1 Å². The van der Waals surface area contributed by atoms with Crippen LogP contribution in [0, 0.1) is 0 Å². The summed E-state index contributed by atoms with van der Waals surface area (Å²) in [6.07, 6.45) is 5.78. The van der Waals surface area contributed by atoms with Crippen LogP contribution in [0.2, 0.25) is 0 Å². The van der Waals surface area contributed by atoms with Crippen LogP contribution in [0.4, 0.5) is 11.6 Å². The fourth-order valence-corrected chi connectivity index (χ4v) is 4.00. The maximum Gasteiger partial charge on any atom is 0.278 e. The van der Waals surface area contributed by atoms with Gasteiger partial charge in [0.25, 0.3) is 5.56 Å². The molecule has 5 rings (SSSR count). The molecular formula is C24H27N7O2. The Hall–Kier alpha value is -3.72. The SMILES string of the molecule is C=CCn1c(=O)c2cnc(Nc3ccc4c(c3)CNCC4)nc2n1-c1coc(C(C)(C)C)n1. The third kappa shape index (κ3) is 3.84. The zero-order valence-corrected chi connectivity index (χ0v) is 19.1. The summed E-state index contributed by atoms with van der Waals surface area (Å²) in [6, 6.07) is 6.27. The molecule has 0 radical (unpaired) electrons. The quantitative estimate of drug-likeness (QED) is 0.454. The highest BCUT2D eigenvalue weighted by Crippen LogP contribution is 2.25. The van der Waals surface area contributed by atoms with E-state index in [2.05, 4.69) is 44.3 Å². The first-order valence-corrected chi connectivity index (χ1v) is 11.0. The molecule has 1 aliphatic heterocycles. The second-order valence-corrected chi connectivity index (χ2v) is 9.21. The maximum absolute atomic E-state index is 13.1. The molecule has 9 heteroatoms. The van der Waals surface area contributed by atoms with E-state index < -0.39 is 0 Å². The van der Waals surface area contributed by atoms with Crippen molar-refractivity contribution in [1.82, 2.24) is 29.6 Å². The van der Waals surface area contributed by atoms with Gasteiger partial charge in [0.05, 0.1) is 6.54 Å². The summed E-state index contributed by atoms with van der Waals surface area (Å²) in [5, 5.41) is 7.07. The first-order chi connectivity index (χ1) is 15.8. The highest BCUT2D eigenvalue weighted by atomic mass is 16.3. The van der Waals surface area contributed by atoms with Gasteiger partial charge in [-0.1, -0.05) is 32.9 Å². The number of allylic oxidation sites excluding steroid dienone is 1. The topological polar surface area (TPSA) is 103 Å². The maximum atomic E-state index is 13.1. The van der Waals surface area contributed by atoms with Crippen molar-refractivity contribution in [2.75, 3.05) is 11.9 Å². The fraction of sp³-hybridized carbons (Fsp3) is 0.333. The largest absolute Gasteiger partial charge is 0.446 e. The number of hydrogen-bond acceptors (Lipinski definition) is 7. The van der Waals surface area contributed by atoms with Gasteiger partial charge in [0.1, 0.15) is 11.6 Å². The number of hydrogen-bond donors (Lipinski definition) is 2. The summed E-state index contributed by atoms with van der Waals surface area (Å²) >= 11 is 0.